The number of aromatic nitrogens is 4. The van der Waals surface area contributed by atoms with Crippen molar-refractivity contribution in [1.29, 1.82) is 0 Å². The van der Waals surface area contributed by atoms with Gasteiger partial charge in [-0.1, -0.05) is 6.07 Å². The Morgan fingerprint density at radius 3 is 2.66 bits per heavy atom. The number of nitrogens with zero attached hydrogens (tertiary/aromatic N) is 7. The average Bonchev–Trinajstić information content (AvgIpc) is 3.66. The van der Waals surface area contributed by atoms with Gasteiger partial charge in [-0.15, -0.1) is 11.3 Å². The molecular weight excluding hydrogens is 573 g/mol. The van der Waals surface area contributed by atoms with E-state index in [2.05, 4.69) is 14.9 Å². The molecule has 0 spiro atoms. The number of anilines is 1. The third-order valence-corrected chi connectivity index (χ3v) is 10.3. The Balaban J connectivity index is 1.29. The molecule has 0 atom stereocenters. The van der Waals surface area contributed by atoms with Crippen LogP contribution >= 0.6 is 11.3 Å². The summed E-state index contributed by atoms with van der Waals surface area (Å²) in [7, 11) is -1.51. The van der Waals surface area contributed by atoms with E-state index in [4.69, 9.17) is 0 Å². The summed E-state index contributed by atoms with van der Waals surface area (Å²) in [6.45, 7) is 3.09. The van der Waals surface area contributed by atoms with Crippen molar-refractivity contribution in [3.05, 3.63) is 63.4 Å². The van der Waals surface area contributed by atoms with Gasteiger partial charge in [0.2, 0.25) is 27.5 Å². The van der Waals surface area contributed by atoms with Crippen LogP contribution in [0.1, 0.15) is 16.9 Å². The fourth-order valence-corrected chi connectivity index (χ4v) is 7.67. The SMILES string of the molecule is CN1CCN(C(=O)Cn2ccn3c(=O)c(O)c(-c4ncc(Cc5ccc(F)cc5N5CCCS5(=O)=O)s4)nc23)CC1. The topological polar surface area (TPSA) is 133 Å². The van der Waals surface area contributed by atoms with Crippen LogP contribution in [-0.2, 0) is 27.8 Å². The van der Waals surface area contributed by atoms with E-state index >= 15 is 0 Å². The molecule has 216 valence electrons. The van der Waals surface area contributed by atoms with Crippen LogP contribution in [0, 0.1) is 5.82 Å². The van der Waals surface area contributed by atoms with Crippen LogP contribution in [0.5, 0.6) is 5.75 Å². The lowest BCUT2D eigenvalue weighted by Crippen LogP contribution is -2.48. The molecule has 5 heterocycles. The van der Waals surface area contributed by atoms with E-state index in [1.165, 1.54) is 38.4 Å². The van der Waals surface area contributed by atoms with Gasteiger partial charge < -0.3 is 19.5 Å². The first kappa shape index (κ1) is 27.4. The van der Waals surface area contributed by atoms with Gasteiger partial charge >= 0.3 is 5.56 Å². The molecule has 4 aromatic rings. The van der Waals surface area contributed by atoms with Crippen LogP contribution in [0.25, 0.3) is 16.5 Å². The van der Waals surface area contributed by atoms with Crippen LogP contribution in [-0.4, -0.2) is 93.7 Å². The van der Waals surface area contributed by atoms with Gasteiger partial charge in [0, 0.05) is 62.6 Å². The highest BCUT2D eigenvalue weighted by molar-refractivity contribution is 7.93. The number of rotatable bonds is 6. The van der Waals surface area contributed by atoms with Crippen LogP contribution in [0.2, 0.25) is 0 Å². The third-order valence-electron chi connectivity index (χ3n) is 7.42. The van der Waals surface area contributed by atoms with Crippen LogP contribution in [0.3, 0.4) is 0 Å². The number of amides is 1. The Labute approximate surface area is 238 Å². The minimum Gasteiger partial charge on any atom is -0.501 e. The number of thiazole rings is 1. The van der Waals surface area contributed by atoms with Gasteiger partial charge in [-0.2, -0.15) is 0 Å². The van der Waals surface area contributed by atoms with E-state index < -0.39 is 27.1 Å². The number of imidazole rings is 1. The minimum atomic E-state index is -3.51. The molecule has 0 radical (unpaired) electrons. The van der Waals surface area contributed by atoms with E-state index in [0.717, 1.165) is 13.1 Å². The second-order valence-corrected chi connectivity index (χ2v) is 13.3. The van der Waals surface area contributed by atoms with Crippen molar-refractivity contribution in [3.8, 4) is 16.5 Å². The maximum absolute atomic E-state index is 14.1. The largest absolute Gasteiger partial charge is 0.501 e. The monoisotopic (exact) mass is 601 g/mol. The second kappa shape index (κ2) is 10.5. The zero-order valence-electron chi connectivity index (χ0n) is 22.2. The predicted octanol–water partition coefficient (Wildman–Crippen LogP) is 1.37. The molecule has 2 aliphatic rings. The first-order valence-corrected chi connectivity index (χ1v) is 15.5. The number of aromatic hydroxyl groups is 1. The Morgan fingerprint density at radius 1 is 1.15 bits per heavy atom. The molecule has 0 unspecified atom stereocenters. The molecule has 0 bridgehead atoms. The van der Waals surface area contributed by atoms with Crippen molar-refractivity contribution in [2.75, 3.05) is 49.8 Å². The fraction of sp³-hybridized carbons (Fsp3) is 0.385. The third kappa shape index (κ3) is 5.20. The van der Waals surface area contributed by atoms with Crippen molar-refractivity contribution in [2.45, 2.75) is 19.4 Å². The van der Waals surface area contributed by atoms with Gasteiger partial charge in [-0.25, -0.2) is 27.2 Å². The van der Waals surface area contributed by atoms with Gasteiger partial charge in [0.15, 0.2) is 5.69 Å². The Morgan fingerprint density at radius 2 is 1.93 bits per heavy atom. The lowest BCUT2D eigenvalue weighted by Gasteiger charge is -2.32. The standard InChI is InChI=1S/C26H28FN7O5S2/c1-30-6-8-31(9-7-30)21(35)16-32-10-11-33-25(37)23(36)22(29-26(32)33)24-28-15-19(40-24)13-17-3-4-18(27)14-20(17)34-5-2-12-41(34,38)39/h3-4,10-11,14-15,36H,2,5-9,12-13,16H2,1H3. The number of carbonyl (C=O) groups is 1. The normalized spacial score (nSPS) is 17.5. The maximum atomic E-state index is 14.1. The summed E-state index contributed by atoms with van der Waals surface area (Å²) in [4.78, 5) is 39.4. The highest BCUT2D eigenvalue weighted by Crippen LogP contribution is 2.34. The highest BCUT2D eigenvalue weighted by atomic mass is 32.2. The molecule has 3 aromatic heterocycles. The molecule has 15 heteroatoms. The Bertz CT molecular complexity index is 1810. The molecule has 2 fully saturated rings. The second-order valence-electron chi connectivity index (χ2n) is 10.2. The number of sulfonamides is 1. The molecular formula is C26H28FN7O5S2. The molecule has 6 rings (SSSR count). The molecule has 0 saturated carbocycles. The zero-order chi connectivity index (χ0) is 28.9. The summed E-state index contributed by atoms with van der Waals surface area (Å²) < 4.78 is 43.1. The van der Waals surface area contributed by atoms with Crippen molar-refractivity contribution in [2.24, 2.45) is 0 Å². The number of carbonyl (C=O) groups excluding carboxylic acids is 1. The Hall–Kier alpha value is -3.82. The van der Waals surface area contributed by atoms with Gasteiger partial charge in [-0.3, -0.25) is 13.9 Å². The van der Waals surface area contributed by atoms with E-state index in [0.29, 0.717) is 35.6 Å². The number of likely N-dealkylation sites (N-methyl/N-ethyl adjacent to an activating group) is 1. The summed E-state index contributed by atoms with van der Waals surface area (Å²) in [6.07, 6.45) is 5.33. The highest BCUT2D eigenvalue weighted by Gasteiger charge is 2.30. The number of hydrogen-bond donors (Lipinski definition) is 1. The number of hydrogen-bond acceptors (Lipinski definition) is 9. The first-order valence-electron chi connectivity index (χ1n) is 13.1. The van der Waals surface area contributed by atoms with Crippen molar-refractivity contribution < 1.29 is 22.7 Å². The van der Waals surface area contributed by atoms with Crippen molar-refractivity contribution >= 4 is 38.7 Å². The smallest absolute Gasteiger partial charge is 0.302 e. The van der Waals surface area contributed by atoms with E-state index in [-0.39, 0.29) is 47.6 Å². The Kier molecular flexibility index (Phi) is 7.03. The summed E-state index contributed by atoms with van der Waals surface area (Å²) >= 11 is 1.18. The molecule has 0 aliphatic carbocycles. The number of benzene rings is 1. The predicted molar refractivity (Wildman–Crippen MR) is 151 cm³/mol. The van der Waals surface area contributed by atoms with E-state index in [1.807, 2.05) is 7.05 Å². The van der Waals surface area contributed by atoms with Crippen LogP contribution in [0.15, 0.2) is 41.6 Å². The lowest BCUT2D eigenvalue weighted by molar-refractivity contribution is -0.133. The quantitative estimate of drug-likeness (QED) is 0.351. The number of piperazine rings is 1. The zero-order valence-corrected chi connectivity index (χ0v) is 23.9. The van der Waals surface area contributed by atoms with Gasteiger partial charge in [0.05, 0.1) is 11.4 Å². The first-order chi connectivity index (χ1) is 19.6. The fourth-order valence-electron chi connectivity index (χ4n) is 5.15. The molecule has 1 aromatic carbocycles. The molecule has 1 N–H and O–H groups in total. The van der Waals surface area contributed by atoms with Crippen molar-refractivity contribution in [1.82, 2.24) is 28.7 Å². The minimum absolute atomic E-state index is 0.00720. The summed E-state index contributed by atoms with van der Waals surface area (Å²) in [5.74, 6) is -0.988. The summed E-state index contributed by atoms with van der Waals surface area (Å²) in [6, 6.07) is 4.06. The van der Waals surface area contributed by atoms with E-state index in [9.17, 15) is 27.5 Å². The maximum Gasteiger partial charge on any atom is 0.302 e. The van der Waals surface area contributed by atoms with Gasteiger partial charge in [0.25, 0.3) is 0 Å². The molecule has 41 heavy (non-hydrogen) atoms. The van der Waals surface area contributed by atoms with Gasteiger partial charge in [0.1, 0.15) is 17.4 Å². The summed E-state index contributed by atoms with van der Waals surface area (Å²) in [5, 5.41) is 11.0. The van der Waals surface area contributed by atoms with Crippen LogP contribution in [0.4, 0.5) is 10.1 Å². The van der Waals surface area contributed by atoms with Crippen molar-refractivity contribution in [3.63, 3.8) is 0 Å². The van der Waals surface area contributed by atoms with Crippen LogP contribution < -0.4 is 9.86 Å². The molecule has 12 nitrogen and oxygen atoms in total. The summed E-state index contributed by atoms with van der Waals surface area (Å²) in [5.41, 5.74) is 0.198. The molecule has 1 amide bonds. The number of halogens is 1. The average molecular weight is 602 g/mol. The lowest BCUT2D eigenvalue weighted by atomic mass is 10.1. The molecule has 2 saturated heterocycles. The van der Waals surface area contributed by atoms with E-state index in [1.54, 1.807) is 27.9 Å². The molecule has 2 aliphatic heterocycles. The number of fused-ring (bicyclic) bond motifs is 1. The van der Waals surface area contributed by atoms with Gasteiger partial charge in [-0.05, 0) is 31.2 Å².